The molecule has 2 aromatic carbocycles. The molecule has 0 saturated heterocycles. The zero-order valence-electron chi connectivity index (χ0n) is 20.1. The number of hydrogen-bond donors (Lipinski definition) is 0. The van der Waals surface area contributed by atoms with Crippen molar-refractivity contribution in [3.8, 4) is 17.2 Å². The number of rotatable bonds is 10. The van der Waals surface area contributed by atoms with Crippen LogP contribution in [0.4, 0.5) is 5.69 Å². The predicted molar refractivity (Wildman–Crippen MR) is 131 cm³/mol. The highest BCUT2D eigenvalue weighted by molar-refractivity contribution is 5.95. The fourth-order valence-electron chi connectivity index (χ4n) is 3.64. The van der Waals surface area contributed by atoms with Gasteiger partial charge in [-0.25, -0.2) is 0 Å². The van der Waals surface area contributed by atoms with Crippen molar-refractivity contribution in [3.63, 3.8) is 0 Å². The molecule has 3 rings (SSSR count). The first-order valence-electron chi connectivity index (χ1n) is 11.6. The number of amides is 1. The van der Waals surface area contributed by atoms with Gasteiger partial charge in [0.25, 0.3) is 0 Å². The highest BCUT2D eigenvalue weighted by Crippen LogP contribution is 2.45. The van der Waals surface area contributed by atoms with E-state index in [1.54, 1.807) is 6.08 Å². The Labute approximate surface area is 193 Å². The van der Waals surface area contributed by atoms with Gasteiger partial charge in [0.05, 0.1) is 12.2 Å². The summed E-state index contributed by atoms with van der Waals surface area (Å²) >= 11 is 0. The summed E-state index contributed by atoms with van der Waals surface area (Å²) in [6.45, 7) is 15.1. The molecule has 0 bridgehead atoms. The number of hydrogen-bond acceptors (Lipinski definition) is 4. The minimum Gasteiger partial charge on any atom is -0.489 e. The summed E-state index contributed by atoms with van der Waals surface area (Å²) in [4.78, 5) is 15.2. The van der Waals surface area contributed by atoms with Crippen LogP contribution in [0.25, 0.3) is 0 Å². The summed E-state index contributed by atoms with van der Waals surface area (Å²) < 4.78 is 17.2. The van der Waals surface area contributed by atoms with Crippen LogP contribution >= 0.6 is 0 Å². The van der Waals surface area contributed by atoms with Crippen LogP contribution in [-0.4, -0.2) is 19.3 Å². The van der Waals surface area contributed by atoms with E-state index < -0.39 is 0 Å². The monoisotopic (exact) mass is 439 g/mol. The maximum atomic E-state index is 13.3. The van der Waals surface area contributed by atoms with Gasteiger partial charge in [-0.1, -0.05) is 71.9 Å². The van der Waals surface area contributed by atoms with Crippen molar-refractivity contribution in [1.82, 2.24) is 0 Å². The van der Waals surface area contributed by atoms with Gasteiger partial charge in [-0.2, -0.15) is 0 Å². The van der Waals surface area contributed by atoms with Gasteiger partial charge in [0.2, 0.25) is 12.7 Å². The van der Waals surface area contributed by atoms with E-state index in [1.807, 2.05) is 55.1 Å². The highest BCUT2D eigenvalue weighted by atomic mass is 16.7. The van der Waals surface area contributed by atoms with Crippen molar-refractivity contribution < 1.29 is 19.0 Å². The van der Waals surface area contributed by atoms with E-state index in [4.69, 9.17) is 14.2 Å². The van der Waals surface area contributed by atoms with E-state index in [1.165, 1.54) is 0 Å². The maximum Gasteiger partial charge on any atom is 0.231 e. The number of carbonyl (C=O) groups is 1. The zero-order chi connectivity index (χ0) is 23.5. The quantitative estimate of drug-likeness (QED) is 0.380. The van der Waals surface area contributed by atoms with Crippen molar-refractivity contribution in [2.24, 2.45) is 0 Å². The van der Waals surface area contributed by atoms with Crippen molar-refractivity contribution in [2.75, 3.05) is 18.3 Å². The molecule has 0 unspecified atom stereocenters. The summed E-state index contributed by atoms with van der Waals surface area (Å²) in [6, 6.07) is 11.7. The molecule has 174 valence electrons. The molecule has 0 radical (unpaired) electrons. The van der Waals surface area contributed by atoms with Gasteiger partial charge in [-0.05, 0) is 30.5 Å². The Kier molecular flexibility index (Phi) is 10.1. The first kappa shape index (κ1) is 25.3. The molecule has 0 saturated carbocycles. The van der Waals surface area contributed by atoms with Crippen molar-refractivity contribution in [3.05, 3.63) is 60.2 Å². The van der Waals surface area contributed by atoms with E-state index in [0.717, 1.165) is 46.9 Å². The van der Waals surface area contributed by atoms with E-state index in [9.17, 15) is 4.79 Å². The van der Waals surface area contributed by atoms with Crippen LogP contribution in [0.2, 0.25) is 0 Å². The molecular formula is C27H37NO4. The van der Waals surface area contributed by atoms with Crippen LogP contribution in [0, 0.1) is 0 Å². The lowest BCUT2D eigenvalue weighted by atomic mass is 9.97. The molecule has 1 aliphatic rings. The van der Waals surface area contributed by atoms with Crippen LogP contribution in [0.5, 0.6) is 17.2 Å². The molecule has 0 spiro atoms. The lowest BCUT2D eigenvalue weighted by Crippen LogP contribution is -2.31. The lowest BCUT2D eigenvalue weighted by molar-refractivity contribution is -0.118. The second-order valence-corrected chi connectivity index (χ2v) is 7.68. The number of para-hydroxylation sites is 1. The minimum atomic E-state index is 0.0936. The summed E-state index contributed by atoms with van der Waals surface area (Å²) in [7, 11) is 0. The molecule has 32 heavy (non-hydrogen) atoms. The third kappa shape index (κ3) is 6.06. The average molecular weight is 440 g/mol. The molecule has 0 aromatic heterocycles. The fraction of sp³-hybridized carbons (Fsp3) is 0.444. The molecule has 2 aromatic rings. The molecule has 1 aliphatic heterocycles. The van der Waals surface area contributed by atoms with E-state index >= 15 is 0 Å². The molecule has 5 nitrogen and oxygen atoms in total. The Morgan fingerprint density at radius 2 is 1.94 bits per heavy atom. The summed E-state index contributed by atoms with van der Waals surface area (Å²) in [6.07, 6.45) is 4.04. The molecule has 5 heteroatoms. The van der Waals surface area contributed by atoms with Gasteiger partial charge in [0.1, 0.15) is 12.4 Å². The van der Waals surface area contributed by atoms with Crippen LogP contribution in [-0.2, 0) is 11.3 Å². The molecule has 1 amide bonds. The highest BCUT2D eigenvalue weighted by Gasteiger charge is 2.28. The SMILES string of the molecule is C=CCOc1ccccc1CN(C(=O)CCCC)c1ccc2c(c1C(C)C)OCO2.CC. The largest absolute Gasteiger partial charge is 0.489 e. The Bertz CT molecular complexity index is 891. The van der Waals surface area contributed by atoms with Crippen molar-refractivity contribution in [1.29, 1.82) is 0 Å². The van der Waals surface area contributed by atoms with Gasteiger partial charge in [0, 0.05) is 17.5 Å². The van der Waals surface area contributed by atoms with Gasteiger partial charge < -0.3 is 19.1 Å². The molecule has 0 N–H and O–H groups in total. The topological polar surface area (TPSA) is 48.0 Å². The number of nitrogens with zero attached hydrogens (tertiary/aromatic N) is 1. The zero-order valence-corrected chi connectivity index (χ0v) is 20.1. The van der Waals surface area contributed by atoms with Crippen LogP contribution in [0.15, 0.2) is 49.1 Å². The number of carbonyl (C=O) groups excluding carboxylic acids is 1. The third-order valence-electron chi connectivity index (χ3n) is 5.13. The minimum absolute atomic E-state index is 0.0936. The van der Waals surface area contributed by atoms with Crippen molar-refractivity contribution >= 4 is 11.6 Å². The molecule has 0 atom stereocenters. The maximum absolute atomic E-state index is 13.3. The number of benzene rings is 2. The Balaban J connectivity index is 0.00000176. The first-order valence-corrected chi connectivity index (χ1v) is 11.6. The van der Waals surface area contributed by atoms with Crippen molar-refractivity contribution in [2.45, 2.75) is 66.3 Å². The average Bonchev–Trinajstić information content (AvgIpc) is 3.29. The second kappa shape index (κ2) is 12.8. The summed E-state index contributed by atoms with van der Waals surface area (Å²) in [5, 5.41) is 0. The summed E-state index contributed by atoms with van der Waals surface area (Å²) in [5.74, 6) is 2.50. The van der Waals surface area contributed by atoms with E-state index in [0.29, 0.717) is 19.6 Å². The number of anilines is 1. The Hall–Kier alpha value is -2.95. The first-order chi connectivity index (χ1) is 15.6. The lowest BCUT2D eigenvalue weighted by Gasteiger charge is -2.28. The predicted octanol–water partition coefficient (Wildman–Crippen LogP) is 6.85. The molecule has 1 heterocycles. The molecule has 0 aliphatic carbocycles. The van der Waals surface area contributed by atoms with Gasteiger partial charge in [-0.3, -0.25) is 4.79 Å². The normalized spacial score (nSPS) is 11.6. The number of unbranched alkanes of at least 4 members (excludes halogenated alkanes) is 1. The van der Waals surface area contributed by atoms with Crippen LogP contribution in [0.3, 0.4) is 0 Å². The van der Waals surface area contributed by atoms with Crippen LogP contribution < -0.4 is 19.1 Å². The Morgan fingerprint density at radius 3 is 2.62 bits per heavy atom. The van der Waals surface area contributed by atoms with Gasteiger partial charge in [-0.15, -0.1) is 0 Å². The fourth-order valence-corrected chi connectivity index (χ4v) is 3.64. The van der Waals surface area contributed by atoms with Gasteiger partial charge in [0.15, 0.2) is 11.5 Å². The van der Waals surface area contributed by atoms with E-state index in [-0.39, 0.29) is 18.6 Å². The number of ether oxygens (including phenoxy) is 3. The summed E-state index contributed by atoms with van der Waals surface area (Å²) in [5.41, 5.74) is 2.82. The van der Waals surface area contributed by atoms with E-state index in [2.05, 4.69) is 27.4 Å². The smallest absolute Gasteiger partial charge is 0.231 e. The van der Waals surface area contributed by atoms with Gasteiger partial charge >= 0.3 is 0 Å². The molecule has 0 fully saturated rings. The third-order valence-corrected chi connectivity index (χ3v) is 5.13. The Morgan fingerprint density at radius 1 is 1.19 bits per heavy atom. The standard InChI is InChI=1S/C25H31NO4.C2H6/c1-5-7-12-23(27)26(16-19-10-8-9-11-21(19)28-15-6-2)20-13-14-22-25(30-17-29-22)24(20)18(3)4;1-2/h6,8-11,13-14,18H,2,5,7,12,15-17H2,1,3-4H3;1-2H3. The number of fused-ring (bicyclic) bond motifs is 1. The second-order valence-electron chi connectivity index (χ2n) is 7.68. The van der Waals surface area contributed by atoms with Crippen LogP contribution in [0.1, 0.15) is 70.9 Å². The molecular weight excluding hydrogens is 402 g/mol.